The van der Waals surface area contributed by atoms with Crippen molar-refractivity contribution in [3.63, 3.8) is 0 Å². The molecule has 1 amide bonds. The molecule has 0 aliphatic rings. The average Bonchev–Trinajstić information content (AvgIpc) is 2.78. The number of hydrogen-bond acceptors (Lipinski definition) is 4. The van der Waals surface area contributed by atoms with Crippen LogP contribution in [-0.2, 0) is 16.0 Å². The highest BCUT2D eigenvalue weighted by Gasteiger charge is 2.21. The minimum absolute atomic E-state index is 0.0528. The number of thiophene rings is 1. The van der Waals surface area contributed by atoms with E-state index in [0.29, 0.717) is 0 Å². The first-order chi connectivity index (χ1) is 8.13. The summed E-state index contributed by atoms with van der Waals surface area (Å²) in [4.78, 5) is 23.0. The molecule has 0 spiro atoms. The van der Waals surface area contributed by atoms with E-state index in [1.165, 1.54) is 17.4 Å². The van der Waals surface area contributed by atoms with Crippen molar-refractivity contribution in [2.24, 2.45) is 0 Å². The van der Waals surface area contributed by atoms with Crippen LogP contribution in [0.15, 0.2) is 30.2 Å². The molecule has 1 rings (SSSR count). The average molecular weight is 255 g/mol. The van der Waals surface area contributed by atoms with Crippen LogP contribution in [0.4, 0.5) is 4.79 Å². The lowest BCUT2D eigenvalue weighted by atomic mass is 10.2. The lowest BCUT2D eigenvalue weighted by molar-refractivity contribution is -0.139. The molecule has 1 unspecified atom stereocenters. The molecule has 0 saturated carbocycles. The first kappa shape index (κ1) is 13.2. The Morgan fingerprint density at radius 3 is 2.94 bits per heavy atom. The molecular weight excluding hydrogens is 242 g/mol. The van der Waals surface area contributed by atoms with Gasteiger partial charge in [0.15, 0.2) is 0 Å². The van der Waals surface area contributed by atoms with Crippen molar-refractivity contribution in [2.45, 2.75) is 12.5 Å². The van der Waals surface area contributed by atoms with Crippen molar-refractivity contribution in [3.8, 4) is 0 Å². The van der Waals surface area contributed by atoms with Gasteiger partial charge in [-0.15, -0.1) is 11.3 Å². The molecule has 0 aliphatic heterocycles. The zero-order valence-electron chi connectivity index (χ0n) is 9.09. The standard InChI is InChI=1S/C11H13NO4S/c1-2-5-16-11(15)12-9(10(13)14)7-8-4-3-6-17-8/h2-4,6,9H,1,5,7H2,(H,12,15)(H,13,14). The Labute approximate surface area is 103 Å². The van der Waals surface area contributed by atoms with Crippen molar-refractivity contribution < 1.29 is 19.4 Å². The molecule has 17 heavy (non-hydrogen) atoms. The Hall–Kier alpha value is -1.82. The molecule has 92 valence electrons. The first-order valence-corrected chi connectivity index (χ1v) is 5.81. The minimum Gasteiger partial charge on any atom is -0.480 e. The van der Waals surface area contributed by atoms with Crippen LogP contribution < -0.4 is 5.32 Å². The summed E-state index contributed by atoms with van der Waals surface area (Å²) in [5.74, 6) is -1.09. The van der Waals surface area contributed by atoms with Crippen molar-refractivity contribution in [1.82, 2.24) is 5.32 Å². The summed E-state index contributed by atoms with van der Waals surface area (Å²) >= 11 is 1.44. The van der Waals surface area contributed by atoms with E-state index in [4.69, 9.17) is 5.11 Å². The van der Waals surface area contributed by atoms with Gasteiger partial charge < -0.3 is 15.2 Å². The maximum absolute atomic E-state index is 11.2. The predicted octanol–water partition coefficient (Wildman–Crippen LogP) is 1.66. The van der Waals surface area contributed by atoms with Crippen LogP contribution in [0, 0.1) is 0 Å². The Bertz CT molecular complexity index is 388. The third-order valence-electron chi connectivity index (χ3n) is 1.91. The fourth-order valence-corrected chi connectivity index (χ4v) is 1.90. The highest BCUT2D eigenvalue weighted by Crippen LogP contribution is 2.11. The van der Waals surface area contributed by atoms with Gasteiger partial charge in [0.2, 0.25) is 0 Å². The number of carbonyl (C=O) groups excluding carboxylic acids is 1. The molecular formula is C11H13NO4S. The number of carbonyl (C=O) groups is 2. The van der Waals surface area contributed by atoms with Gasteiger partial charge in [-0.25, -0.2) is 9.59 Å². The number of aliphatic carboxylic acids is 1. The molecule has 0 saturated heterocycles. The molecule has 1 aromatic heterocycles. The third kappa shape index (κ3) is 4.69. The number of alkyl carbamates (subject to hydrolysis) is 1. The van der Waals surface area contributed by atoms with E-state index in [2.05, 4.69) is 16.6 Å². The number of rotatable bonds is 6. The largest absolute Gasteiger partial charge is 0.480 e. The van der Waals surface area contributed by atoms with Gasteiger partial charge in [0, 0.05) is 11.3 Å². The lowest BCUT2D eigenvalue weighted by Crippen LogP contribution is -2.42. The number of carboxylic acid groups (broad SMARTS) is 1. The van der Waals surface area contributed by atoms with E-state index >= 15 is 0 Å². The van der Waals surface area contributed by atoms with Crippen LogP contribution in [0.2, 0.25) is 0 Å². The molecule has 1 aromatic rings. The quantitative estimate of drug-likeness (QED) is 0.758. The number of ether oxygens (including phenoxy) is 1. The Balaban J connectivity index is 2.51. The highest BCUT2D eigenvalue weighted by molar-refractivity contribution is 7.09. The molecule has 0 aromatic carbocycles. The van der Waals surface area contributed by atoms with Gasteiger partial charge in [0.05, 0.1) is 0 Å². The summed E-state index contributed by atoms with van der Waals surface area (Å²) in [5.41, 5.74) is 0. The normalized spacial score (nSPS) is 11.5. The highest BCUT2D eigenvalue weighted by atomic mass is 32.1. The second-order valence-corrected chi connectivity index (χ2v) is 4.24. The fraction of sp³-hybridized carbons (Fsp3) is 0.273. The Morgan fingerprint density at radius 2 is 2.41 bits per heavy atom. The molecule has 1 atom stereocenters. The molecule has 2 N–H and O–H groups in total. The minimum atomic E-state index is -1.09. The van der Waals surface area contributed by atoms with Crippen molar-refractivity contribution in [3.05, 3.63) is 35.0 Å². The van der Waals surface area contributed by atoms with Crippen molar-refractivity contribution in [1.29, 1.82) is 0 Å². The SMILES string of the molecule is C=CCOC(=O)NC(Cc1cccs1)C(=O)O. The van der Waals surface area contributed by atoms with Gasteiger partial charge in [-0.05, 0) is 11.4 Å². The summed E-state index contributed by atoms with van der Waals surface area (Å²) in [6.07, 6.45) is 0.902. The predicted molar refractivity (Wildman–Crippen MR) is 64.1 cm³/mol. The number of nitrogens with one attached hydrogen (secondary N) is 1. The number of hydrogen-bond donors (Lipinski definition) is 2. The monoisotopic (exact) mass is 255 g/mol. The van der Waals surface area contributed by atoms with E-state index in [9.17, 15) is 9.59 Å². The van der Waals surface area contributed by atoms with E-state index < -0.39 is 18.1 Å². The van der Waals surface area contributed by atoms with Gasteiger partial charge >= 0.3 is 12.1 Å². The fourth-order valence-electron chi connectivity index (χ4n) is 1.15. The van der Waals surface area contributed by atoms with E-state index in [1.807, 2.05) is 17.5 Å². The van der Waals surface area contributed by atoms with Crippen molar-refractivity contribution >= 4 is 23.4 Å². The van der Waals surface area contributed by atoms with Crippen LogP contribution in [0.5, 0.6) is 0 Å². The molecule has 5 nitrogen and oxygen atoms in total. The topological polar surface area (TPSA) is 75.6 Å². The summed E-state index contributed by atoms with van der Waals surface area (Å²) in [6, 6.07) is 2.66. The zero-order chi connectivity index (χ0) is 12.7. The molecule has 0 radical (unpaired) electrons. The Morgan fingerprint density at radius 1 is 1.65 bits per heavy atom. The van der Waals surface area contributed by atoms with Gasteiger partial charge in [-0.3, -0.25) is 0 Å². The van der Waals surface area contributed by atoms with E-state index in [-0.39, 0.29) is 13.0 Å². The molecule has 1 heterocycles. The van der Waals surface area contributed by atoms with Gasteiger partial charge in [-0.1, -0.05) is 18.7 Å². The maximum atomic E-state index is 11.2. The molecule has 0 fully saturated rings. The third-order valence-corrected chi connectivity index (χ3v) is 2.81. The summed E-state index contributed by atoms with van der Waals surface area (Å²) in [7, 11) is 0. The molecule has 0 bridgehead atoms. The maximum Gasteiger partial charge on any atom is 0.408 e. The second kappa shape index (κ2) is 6.70. The summed E-state index contributed by atoms with van der Waals surface area (Å²) in [6.45, 7) is 3.44. The van der Waals surface area contributed by atoms with Crippen LogP contribution in [0.1, 0.15) is 4.88 Å². The second-order valence-electron chi connectivity index (χ2n) is 3.21. The van der Waals surface area contributed by atoms with Crippen LogP contribution >= 0.6 is 11.3 Å². The van der Waals surface area contributed by atoms with E-state index in [1.54, 1.807) is 0 Å². The summed E-state index contributed by atoms with van der Waals surface area (Å²) in [5, 5.41) is 13.1. The van der Waals surface area contributed by atoms with Gasteiger partial charge in [0.25, 0.3) is 0 Å². The van der Waals surface area contributed by atoms with Crippen molar-refractivity contribution in [2.75, 3.05) is 6.61 Å². The van der Waals surface area contributed by atoms with Crippen LogP contribution in [-0.4, -0.2) is 29.8 Å². The smallest absolute Gasteiger partial charge is 0.408 e. The van der Waals surface area contributed by atoms with Crippen LogP contribution in [0.25, 0.3) is 0 Å². The van der Waals surface area contributed by atoms with E-state index in [0.717, 1.165) is 4.88 Å². The lowest BCUT2D eigenvalue weighted by Gasteiger charge is -2.13. The van der Waals surface area contributed by atoms with Gasteiger partial charge in [-0.2, -0.15) is 0 Å². The molecule has 0 aliphatic carbocycles. The number of amides is 1. The zero-order valence-corrected chi connectivity index (χ0v) is 9.90. The number of carboxylic acids is 1. The molecule has 6 heteroatoms. The van der Waals surface area contributed by atoms with Gasteiger partial charge in [0.1, 0.15) is 12.6 Å². The first-order valence-electron chi connectivity index (χ1n) is 4.93. The Kier molecular flexibility index (Phi) is 5.22. The van der Waals surface area contributed by atoms with Crippen LogP contribution in [0.3, 0.4) is 0 Å². The summed E-state index contributed by atoms with van der Waals surface area (Å²) < 4.78 is 4.66.